The predicted octanol–water partition coefficient (Wildman–Crippen LogP) is 4.94. The van der Waals surface area contributed by atoms with Gasteiger partial charge >= 0.3 is 0 Å². The Morgan fingerprint density at radius 2 is 1.88 bits per heavy atom. The van der Waals surface area contributed by atoms with E-state index in [0.717, 1.165) is 12.8 Å². The van der Waals surface area contributed by atoms with E-state index in [4.69, 9.17) is 11.6 Å². The molecule has 2 aromatic rings. The van der Waals surface area contributed by atoms with Crippen molar-refractivity contribution in [2.75, 3.05) is 0 Å². The molecule has 2 amide bonds. The third-order valence-corrected chi connectivity index (χ3v) is 6.84. The number of nitrogens with one attached hydrogen (secondary N) is 2. The fourth-order valence-corrected chi connectivity index (χ4v) is 4.68. The minimum absolute atomic E-state index is 0.0338. The van der Waals surface area contributed by atoms with E-state index in [-0.39, 0.29) is 36.4 Å². The molecule has 0 bridgehead atoms. The van der Waals surface area contributed by atoms with E-state index in [9.17, 15) is 18.4 Å². The molecule has 0 aliphatic heterocycles. The highest BCUT2D eigenvalue weighted by atomic mass is 35.5. The Hall–Kier alpha value is -2.22. The van der Waals surface area contributed by atoms with E-state index in [1.165, 1.54) is 0 Å². The number of hydrogen-bond donors (Lipinski definition) is 2. The van der Waals surface area contributed by atoms with E-state index in [0.29, 0.717) is 35.3 Å². The van der Waals surface area contributed by atoms with Crippen molar-refractivity contribution in [2.24, 2.45) is 11.3 Å². The van der Waals surface area contributed by atoms with Crippen molar-refractivity contribution in [3.8, 4) is 0 Å². The summed E-state index contributed by atoms with van der Waals surface area (Å²) >= 11 is 6.46. The summed E-state index contributed by atoms with van der Waals surface area (Å²) in [7, 11) is 0. The largest absolute Gasteiger partial charge is 0.352 e. The number of carbonyl (C=O) groups excluding carboxylic acids is 2. The lowest BCUT2D eigenvalue weighted by Crippen LogP contribution is -2.54. The van der Waals surface area contributed by atoms with Crippen molar-refractivity contribution < 1.29 is 18.4 Å². The van der Waals surface area contributed by atoms with Crippen LogP contribution < -0.4 is 10.6 Å². The lowest BCUT2D eigenvalue weighted by Gasteiger charge is -2.30. The van der Waals surface area contributed by atoms with Crippen molar-refractivity contribution in [3.63, 3.8) is 0 Å². The van der Waals surface area contributed by atoms with Gasteiger partial charge in [-0.2, -0.15) is 5.10 Å². The van der Waals surface area contributed by atoms with Gasteiger partial charge in [-0.15, -0.1) is 0 Å². The van der Waals surface area contributed by atoms with E-state index in [1.54, 1.807) is 22.9 Å². The average Bonchev–Trinajstić information content (AvgIpc) is 3.45. The molecule has 33 heavy (non-hydrogen) atoms. The molecule has 0 spiro atoms. The molecule has 1 aromatic carbocycles. The van der Waals surface area contributed by atoms with Gasteiger partial charge in [0, 0.05) is 30.8 Å². The predicted molar refractivity (Wildman–Crippen MR) is 124 cm³/mol. The second-order valence-corrected chi connectivity index (χ2v) is 10.9. The zero-order valence-corrected chi connectivity index (χ0v) is 20.0. The summed E-state index contributed by atoms with van der Waals surface area (Å²) in [4.78, 5) is 26.1. The minimum atomic E-state index is -2.60. The van der Waals surface area contributed by atoms with E-state index >= 15 is 0 Å². The highest BCUT2D eigenvalue weighted by molar-refractivity contribution is 6.35. The van der Waals surface area contributed by atoms with Crippen molar-refractivity contribution >= 4 is 34.3 Å². The SMILES string of the molecule is CC(C)(C)C(NC(=O)c1nn(CC2CCC(F)(F)CC2)c2c(Cl)cccc12)C(=O)NC1CC1. The van der Waals surface area contributed by atoms with Crippen molar-refractivity contribution in [2.45, 2.75) is 83.8 Å². The Balaban J connectivity index is 1.59. The van der Waals surface area contributed by atoms with Crippen LogP contribution in [0.1, 0.15) is 69.8 Å². The van der Waals surface area contributed by atoms with E-state index in [1.807, 2.05) is 20.8 Å². The molecule has 1 unspecified atom stereocenters. The fraction of sp³-hybridized carbons (Fsp3) is 0.625. The number of halogens is 3. The first-order valence-corrected chi connectivity index (χ1v) is 12.0. The number of amides is 2. The first kappa shape index (κ1) is 23.9. The van der Waals surface area contributed by atoms with Gasteiger partial charge in [-0.3, -0.25) is 14.3 Å². The summed E-state index contributed by atoms with van der Waals surface area (Å²) in [5.74, 6) is -3.23. The van der Waals surface area contributed by atoms with Crippen LogP contribution in [-0.2, 0) is 11.3 Å². The van der Waals surface area contributed by atoms with Gasteiger partial charge < -0.3 is 10.6 Å². The molecule has 0 saturated heterocycles. The van der Waals surface area contributed by atoms with Crippen LogP contribution in [0, 0.1) is 11.3 Å². The van der Waals surface area contributed by atoms with Crippen molar-refractivity contribution in [1.29, 1.82) is 0 Å². The summed E-state index contributed by atoms with van der Waals surface area (Å²) in [5.41, 5.74) is 0.288. The molecule has 2 fully saturated rings. The summed E-state index contributed by atoms with van der Waals surface area (Å²) < 4.78 is 28.8. The zero-order chi connectivity index (χ0) is 24.0. The van der Waals surface area contributed by atoms with Gasteiger partial charge in [0.1, 0.15) is 6.04 Å². The van der Waals surface area contributed by atoms with Gasteiger partial charge in [-0.25, -0.2) is 8.78 Å². The van der Waals surface area contributed by atoms with E-state index in [2.05, 4.69) is 15.7 Å². The normalized spacial score (nSPS) is 19.9. The molecule has 6 nitrogen and oxygen atoms in total. The Bertz CT molecular complexity index is 1050. The molecule has 1 atom stereocenters. The van der Waals surface area contributed by atoms with Crippen LogP contribution in [0.25, 0.3) is 10.9 Å². The van der Waals surface area contributed by atoms with Gasteiger partial charge in [-0.1, -0.05) is 44.5 Å². The number of benzene rings is 1. The van der Waals surface area contributed by atoms with Gasteiger partial charge in [0.15, 0.2) is 5.69 Å². The Morgan fingerprint density at radius 1 is 1.21 bits per heavy atom. The molecule has 2 saturated carbocycles. The smallest absolute Gasteiger partial charge is 0.273 e. The Morgan fingerprint density at radius 3 is 2.48 bits per heavy atom. The van der Waals surface area contributed by atoms with Crippen LogP contribution >= 0.6 is 11.6 Å². The monoisotopic (exact) mass is 480 g/mol. The minimum Gasteiger partial charge on any atom is -0.352 e. The van der Waals surface area contributed by atoms with Crippen LogP contribution in [0.2, 0.25) is 5.02 Å². The summed E-state index contributed by atoms with van der Waals surface area (Å²) in [6.07, 6.45) is 2.43. The van der Waals surface area contributed by atoms with Crippen LogP contribution in [0.3, 0.4) is 0 Å². The van der Waals surface area contributed by atoms with Gasteiger partial charge in [0.25, 0.3) is 5.91 Å². The molecular weight excluding hydrogens is 450 g/mol. The van der Waals surface area contributed by atoms with Gasteiger partial charge in [0.05, 0.1) is 10.5 Å². The van der Waals surface area contributed by atoms with Crippen molar-refractivity contribution in [1.82, 2.24) is 20.4 Å². The molecule has 4 rings (SSSR count). The number of aromatic nitrogens is 2. The maximum atomic E-state index is 13.6. The Labute approximate surface area is 197 Å². The molecule has 1 aromatic heterocycles. The molecular formula is C24H31ClF2N4O2. The second kappa shape index (κ2) is 8.85. The molecule has 180 valence electrons. The highest BCUT2D eigenvalue weighted by Crippen LogP contribution is 2.37. The van der Waals surface area contributed by atoms with Crippen molar-refractivity contribution in [3.05, 3.63) is 28.9 Å². The number of hydrogen-bond acceptors (Lipinski definition) is 3. The first-order valence-electron chi connectivity index (χ1n) is 11.6. The molecule has 9 heteroatoms. The molecule has 2 aliphatic carbocycles. The number of fused-ring (bicyclic) bond motifs is 1. The van der Waals surface area contributed by atoms with Crippen LogP contribution in [0.4, 0.5) is 8.78 Å². The first-order chi connectivity index (χ1) is 15.4. The van der Waals surface area contributed by atoms with Crippen LogP contribution in [0.5, 0.6) is 0 Å². The lowest BCUT2D eigenvalue weighted by atomic mass is 9.86. The molecule has 0 radical (unpaired) electrons. The number of alkyl halides is 2. The summed E-state index contributed by atoms with van der Waals surface area (Å²) in [6.45, 7) is 6.11. The molecule has 2 N–H and O–H groups in total. The maximum absolute atomic E-state index is 13.6. The number of para-hydroxylation sites is 1. The Kier molecular flexibility index (Phi) is 6.42. The molecule has 2 aliphatic rings. The number of nitrogens with zero attached hydrogens (tertiary/aromatic N) is 2. The zero-order valence-electron chi connectivity index (χ0n) is 19.3. The third-order valence-electron chi connectivity index (χ3n) is 6.53. The van der Waals surface area contributed by atoms with E-state index < -0.39 is 23.3 Å². The van der Waals surface area contributed by atoms with Gasteiger partial charge in [0.2, 0.25) is 11.8 Å². The summed E-state index contributed by atoms with van der Waals surface area (Å²) in [5, 5.41) is 11.4. The average molecular weight is 481 g/mol. The number of rotatable bonds is 6. The summed E-state index contributed by atoms with van der Waals surface area (Å²) in [6, 6.07) is 4.69. The van der Waals surface area contributed by atoms with Crippen LogP contribution in [-0.4, -0.2) is 39.6 Å². The fourth-order valence-electron chi connectivity index (χ4n) is 4.41. The standard InChI is InChI=1S/C24H31ClF2N4O2/c1-23(2,3)20(22(33)28-15-7-8-15)29-21(32)18-16-5-4-6-17(25)19(16)31(30-18)13-14-9-11-24(26,27)12-10-14/h4-6,14-15,20H,7-13H2,1-3H3,(H,28,33)(H,29,32). The second-order valence-electron chi connectivity index (χ2n) is 10.5. The van der Waals surface area contributed by atoms with Gasteiger partial charge in [-0.05, 0) is 43.1 Å². The highest BCUT2D eigenvalue weighted by Gasteiger charge is 2.37. The lowest BCUT2D eigenvalue weighted by molar-refractivity contribution is -0.125. The topological polar surface area (TPSA) is 76.0 Å². The molecule has 1 heterocycles. The number of carbonyl (C=O) groups is 2. The maximum Gasteiger partial charge on any atom is 0.273 e. The van der Waals surface area contributed by atoms with Crippen LogP contribution in [0.15, 0.2) is 18.2 Å². The quantitative estimate of drug-likeness (QED) is 0.615. The third kappa shape index (κ3) is 5.48.